The van der Waals surface area contributed by atoms with Crippen molar-refractivity contribution in [3.05, 3.63) is 42.0 Å². The zero-order chi connectivity index (χ0) is 14.9. The zero-order valence-corrected chi connectivity index (χ0v) is 12.8. The number of hydrogen-bond donors (Lipinski definition) is 2. The van der Waals surface area contributed by atoms with Crippen LogP contribution in [0.15, 0.2) is 36.4 Å². The minimum absolute atomic E-state index is 0.203. The van der Waals surface area contributed by atoms with E-state index in [1.165, 1.54) is 18.4 Å². The molecule has 2 fully saturated rings. The molecule has 1 aliphatic carbocycles. The van der Waals surface area contributed by atoms with Crippen molar-refractivity contribution < 1.29 is 4.79 Å². The molecule has 1 aliphatic heterocycles. The summed E-state index contributed by atoms with van der Waals surface area (Å²) in [6.45, 7) is 2.99. The van der Waals surface area contributed by atoms with Gasteiger partial charge in [0.2, 0.25) is 5.91 Å². The lowest BCUT2D eigenvalue weighted by atomic mass is 10.1. The SMILES string of the molecule is CC/C=C\c1ccccc1.O=C1CC(NC2CC2)CCN1. The molecule has 2 aliphatic rings. The Kier molecular flexibility index (Phi) is 6.48. The van der Waals surface area contributed by atoms with Crippen LogP contribution in [0, 0.1) is 0 Å². The molecule has 1 atom stereocenters. The molecule has 3 rings (SSSR count). The summed E-state index contributed by atoms with van der Waals surface area (Å²) in [6, 6.07) is 11.5. The van der Waals surface area contributed by atoms with Gasteiger partial charge in [0.15, 0.2) is 0 Å². The first-order chi connectivity index (χ1) is 10.3. The summed E-state index contributed by atoms with van der Waals surface area (Å²) in [7, 11) is 0. The summed E-state index contributed by atoms with van der Waals surface area (Å²) in [5.74, 6) is 0.203. The smallest absolute Gasteiger partial charge is 0.221 e. The third-order valence-corrected chi connectivity index (χ3v) is 3.64. The second-order valence-electron chi connectivity index (χ2n) is 5.70. The lowest BCUT2D eigenvalue weighted by Gasteiger charge is -2.22. The van der Waals surface area contributed by atoms with E-state index < -0.39 is 0 Å². The number of piperidine rings is 1. The quantitative estimate of drug-likeness (QED) is 0.893. The van der Waals surface area contributed by atoms with E-state index >= 15 is 0 Å². The van der Waals surface area contributed by atoms with Gasteiger partial charge in [-0.1, -0.05) is 49.4 Å². The molecular formula is C18H26N2O. The number of rotatable bonds is 4. The molecule has 21 heavy (non-hydrogen) atoms. The molecule has 1 amide bonds. The molecule has 1 unspecified atom stereocenters. The maximum absolute atomic E-state index is 10.9. The number of hydrogen-bond acceptors (Lipinski definition) is 2. The molecule has 114 valence electrons. The Morgan fingerprint density at radius 1 is 1.19 bits per heavy atom. The van der Waals surface area contributed by atoms with Crippen LogP contribution in [-0.4, -0.2) is 24.5 Å². The molecule has 0 radical (unpaired) electrons. The maximum atomic E-state index is 10.9. The van der Waals surface area contributed by atoms with Crippen molar-refractivity contribution in [2.45, 2.75) is 51.1 Å². The molecule has 3 nitrogen and oxygen atoms in total. The number of nitrogens with one attached hydrogen (secondary N) is 2. The minimum Gasteiger partial charge on any atom is -0.356 e. The first kappa shape index (κ1) is 15.8. The average molecular weight is 286 g/mol. The van der Waals surface area contributed by atoms with Crippen LogP contribution < -0.4 is 10.6 Å². The maximum Gasteiger partial charge on any atom is 0.221 e. The van der Waals surface area contributed by atoms with Crippen LogP contribution in [0.3, 0.4) is 0 Å². The molecule has 1 heterocycles. The predicted molar refractivity (Wildman–Crippen MR) is 88.0 cm³/mol. The van der Waals surface area contributed by atoms with Crippen LogP contribution in [0.1, 0.15) is 44.6 Å². The molecule has 1 saturated carbocycles. The highest BCUT2D eigenvalue weighted by Gasteiger charge is 2.27. The fraction of sp³-hybridized carbons (Fsp3) is 0.500. The molecule has 0 bridgehead atoms. The highest BCUT2D eigenvalue weighted by molar-refractivity contribution is 5.77. The summed E-state index contributed by atoms with van der Waals surface area (Å²) >= 11 is 0. The summed E-state index contributed by atoms with van der Waals surface area (Å²) < 4.78 is 0. The van der Waals surface area contributed by atoms with Gasteiger partial charge >= 0.3 is 0 Å². The van der Waals surface area contributed by atoms with E-state index in [4.69, 9.17) is 0 Å². The highest BCUT2D eigenvalue weighted by atomic mass is 16.1. The monoisotopic (exact) mass is 286 g/mol. The second kappa shape index (κ2) is 8.63. The first-order valence-electron chi connectivity index (χ1n) is 8.02. The van der Waals surface area contributed by atoms with E-state index in [1.54, 1.807) is 0 Å². The number of benzene rings is 1. The van der Waals surface area contributed by atoms with Crippen LogP contribution in [0.5, 0.6) is 0 Å². The molecule has 1 saturated heterocycles. The van der Waals surface area contributed by atoms with E-state index in [1.807, 2.05) is 6.07 Å². The van der Waals surface area contributed by atoms with Gasteiger partial charge in [-0.2, -0.15) is 0 Å². The van der Waals surface area contributed by atoms with Gasteiger partial charge in [0.25, 0.3) is 0 Å². The Labute approximate surface area is 127 Å². The number of allylic oxidation sites excluding steroid dienone is 1. The lowest BCUT2D eigenvalue weighted by molar-refractivity contribution is -0.122. The number of carbonyl (C=O) groups excluding carboxylic acids is 1. The number of carbonyl (C=O) groups is 1. The van der Waals surface area contributed by atoms with Crippen molar-refractivity contribution in [2.24, 2.45) is 0 Å². The van der Waals surface area contributed by atoms with Gasteiger partial charge in [-0.3, -0.25) is 4.79 Å². The normalized spacial score (nSPS) is 21.6. The van der Waals surface area contributed by atoms with E-state index in [0.717, 1.165) is 25.4 Å². The first-order valence-corrected chi connectivity index (χ1v) is 8.02. The Bertz CT molecular complexity index is 452. The second-order valence-corrected chi connectivity index (χ2v) is 5.70. The Hall–Kier alpha value is -1.61. The fourth-order valence-corrected chi connectivity index (χ4v) is 2.33. The largest absolute Gasteiger partial charge is 0.356 e. The summed E-state index contributed by atoms with van der Waals surface area (Å²) in [5, 5.41) is 6.29. The van der Waals surface area contributed by atoms with Gasteiger partial charge in [-0.15, -0.1) is 0 Å². The average Bonchev–Trinajstić information content (AvgIpc) is 3.31. The summed E-state index contributed by atoms with van der Waals surface area (Å²) in [6.07, 6.45) is 9.79. The zero-order valence-electron chi connectivity index (χ0n) is 12.8. The van der Waals surface area contributed by atoms with E-state index in [0.29, 0.717) is 12.5 Å². The van der Waals surface area contributed by atoms with Crippen molar-refractivity contribution in [1.82, 2.24) is 10.6 Å². The van der Waals surface area contributed by atoms with Crippen molar-refractivity contribution in [1.29, 1.82) is 0 Å². The van der Waals surface area contributed by atoms with Crippen LogP contribution in [0.4, 0.5) is 0 Å². The van der Waals surface area contributed by atoms with Crippen molar-refractivity contribution in [3.63, 3.8) is 0 Å². The van der Waals surface area contributed by atoms with Crippen LogP contribution in [0.25, 0.3) is 6.08 Å². The van der Waals surface area contributed by atoms with Gasteiger partial charge in [0.05, 0.1) is 0 Å². The Balaban J connectivity index is 0.000000155. The Morgan fingerprint density at radius 3 is 2.57 bits per heavy atom. The molecule has 1 aromatic rings. The number of amides is 1. The van der Waals surface area contributed by atoms with Crippen molar-refractivity contribution >= 4 is 12.0 Å². The minimum atomic E-state index is 0.203. The third-order valence-electron chi connectivity index (χ3n) is 3.64. The van der Waals surface area contributed by atoms with Gasteiger partial charge in [-0.25, -0.2) is 0 Å². The van der Waals surface area contributed by atoms with Gasteiger partial charge < -0.3 is 10.6 Å². The predicted octanol–water partition coefficient (Wildman–Crippen LogP) is 3.13. The summed E-state index contributed by atoms with van der Waals surface area (Å²) in [4.78, 5) is 10.9. The van der Waals surface area contributed by atoms with Gasteiger partial charge in [-0.05, 0) is 31.2 Å². The molecule has 1 aromatic carbocycles. The molecule has 2 N–H and O–H groups in total. The van der Waals surface area contributed by atoms with E-state index in [2.05, 4.69) is 54.0 Å². The van der Waals surface area contributed by atoms with Crippen LogP contribution >= 0.6 is 0 Å². The molecular weight excluding hydrogens is 260 g/mol. The lowest BCUT2D eigenvalue weighted by Crippen LogP contribution is -2.43. The van der Waals surface area contributed by atoms with Crippen LogP contribution in [-0.2, 0) is 4.79 Å². The Morgan fingerprint density at radius 2 is 1.95 bits per heavy atom. The fourth-order valence-electron chi connectivity index (χ4n) is 2.33. The topological polar surface area (TPSA) is 41.1 Å². The highest BCUT2D eigenvalue weighted by Crippen LogP contribution is 2.21. The van der Waals surface area contributed by atoms with Gasteiger partial charge in [0, 0.05) is 25.0 Å². The van der Waals surface area contributed by atoms with Crippen LogP contribution in [0.2, 0.25) is 0 Å². The standard InChI is InChI=1S/C10H12.C8H14N2O/c1-2-3-7-10-8-5-4-6-9-10;11-8-5-7(3-4-9-8)10-6-1-2-6/h3-9H,2H2,1H3;6-7,10H,1-5H2,(H,9,11)/b7-3-;. The van der Waals surface area contributed by atoms with Crippen molar-refractivity contribution in [2.75, 3.05) is 6.54 Å². The molecule has 0 aromatic heterocycles. The van der Waals surface area contributed by atoms with E-state index in [-0.39, 0.29) is 5.91 Å². The molecule has 3 heteroatoms. The van der Waals surface area contributed by atoms with Crippen molar-refractivity contribution in [3.8, 4) is 0 Å². The summed E-state index contributed by atoms with van der Waals surface area (Å²) in [5.41, 5.74) is 1.28. The third kappa shape index (κ3) is 6.58. The molecule has 0 spiro atoms. The van der Waals surface area contributed by atoms with E-state index in [9.17, 15) is 4.79 Å². The van der Waals surface area contributed by atoms with Gasteiger partial charge in [0.1, 0.15) is 0 Å².